The van der Waals surface area contributed by atoms with Gasteiger partial charge in [0.25, 0.3) is 0 Å². The van der Waals surface area contributed by atoms with E-state index in [2.05, 4.69) is 61.3 Å². The molecule has 2 rings (SSSR count). The Bertz CT molecular complexity index is 380. The Balaban J connectivity index is 1.62. The second-order valence-corrected chi connectivity index (χ2v) is 6.98. The molecule has 1 aliphatic heterocycles. The Morgan fingerprint density at radius 3 is 2.38 bits per heavy atom. The first-order valence-electron chi connectivity index (χ1n) is 8.65. The molecule has 1 heterocycles. The molecule has 21 heavy (non-hydrogen) atoms. The van der Waals surface area contributed by atoms with Crippen molar-refractivity contribution in [2.45, 2.75) is 46.1 Å². The Hall–Kier alpha value is -0.860. The summed E-state index contributed by atoms with van der Waals surface area (Å²) in [6, 6.07) is 11.6. The lowest BCUT2D eigenvalue weighted by Gasteiger charge is -2.33. The molecule has 0 saturated carbocycles. The molecule has 0 spiro atoms. The number of likely N-dealkylation sites (tertiary alicyclic amines) is 1. The highest BCUT2D eigenvalue weighted by Crippen LogP contribution is 2.13. The first-order chi connectivity index (χ1) is 10.1. The van der Waals surface area contributed by atoms with Crippen LogP contribution in [0.15, 0.2) is 30.3 Å². The lowest BCUT2D eigenvalue weighted by Crippen LogP contribution is -2.44. The summed E-state index contributed by atoms with van der Waals surface area (Å²) in [7, 11) is 0. The molecule has 2 nitrogen and oxygen atoms in total. The monoisotopic (exact) mass is 288 g/mol. The van der Waals surface area contributed by atoms with Gasteiger partial charge in [-0.05, 0) is 56.3 Å². The molecular weight excluding hydrogens is 256 g/mol. The number of hydrogen-bond acceptors (Lipinski definition) is 2. The minimum atomic E-state index is 0.735. The molecule has 1 N–H and O–H groups in total. The molecular formula is C19H32N2. The van der Waals surface area contributed by atoms with E-state index in [1.165, 1.54) is 51.0 Å². The summed E-state index contributed by atoms with van der Waals surface area (Å²) in [5, 5.41) is 3.77. The van der Waals surface area contributed by atoms with E-state index < -0.39 is 0 Å². The van der Waals surface area contributed by atoms with Gasteiger partial charge in [-0.15, -0.1) is 0 Å². The van der Waals surface area contributed by atoms with E-state index in [1.54, 1.807) is 0 Å². The number of hydrogen-bond donors (Lipinski definition) is 1. The van der Waals surface area contributed by atoms with Crippen molar-refractivity contribution in [3.8, 4) is 0 Å². The standard InChI is InChI=1S/C19H32N2/c1-16(2)17(3)15-20-19-10-13-21(14-11-19)12-9-18-7-5-4-6-8-18/h4-8,16-17,19-20H,9-15H2,1-3H3. The quantitative estimate of drug-likeness (QED) is 0.825. The zero-order chi connectivity index (χ0) is 15.1. The topological polar surface area (TPSA) is 15.3 Å². The Labute approximate surface area is 130 Å². The summed E-state index contributed by atoms with van der Waals surface area (Å²) in [6.45, 7) is 11.9. The molecule has 1 aliphatic rings. The number of benzene rings is 1. The van der Waals surface area contributed by atoms with Gasteiger partial charge >= 0.3 is 0 Å². The predicted octanol–water partition coefficient (Wildman–Crippen LogP) is 3.58. The van der Waals surface area contributed by atoms with Gasteiger partial charge in [0.05, 0.1) is 0 Å². The third-order valence-electron chi connectivity index (χ3n) is 5.01. The lowest BCUT2D eigenvalue weighted by molar-refractivity contribution is 0.194. The summed E-state index contributed by atoms with van der Waals surface area (Å²) in [5.41, 5.74) is 1.46. The van der Waals surface area contributed by atoms with Crippen LogP contribution in [0.2, 0.25) is 0 Å². The van der Waals surface area contributed by atoms with Crippen molar-refractivity contribution in [3.63, 3.8) is 0 Å². The van der Waals surface area contributed by atoms with Crippen LogP contribution in [0.5, 0.6) is 0 Å². The first kappa shape index (κ1) is 16.5. The number of rotatable bonds is 7. The second-order valence-electron chi connectivity index (χ2n) is 6.98. The molecule has 1 aromatic rings. The van der Waals surface area contributed by atoms with Crippen LogP contribution in [-0.4, -0.2) is 37.1 Å². The van der Waals surface area contributed by atoms with Crippen LogP contribution in [0, 0.1) is 11.8 Å². The highest BCUT2D eigenvalue weighted by Gasteiger charge is 2.19. The number of nitrogens with zero attached hydrogens (tertiary/aromatic N) is 1. The summed E-state index contributed by atoms with van der Waals surface area (Å²) < 4.78 is 0. The van der Waals surface area contributed by atoms with Crippen molar-refractivity contribution in [1.29, 1.82) is 0 Å². The Morgan fingerprint density at radius 2 is 1.76 bits per heavy atom. The summed E-state index contributed by atoms with van der Waals surface area (Å²) in [4.78, 5) is 2.62. The van der Waals surface area contributed by atoms with Gasteiger partial charge in [0, 0.05) is 12.6 Å². The Morgan fingerprint density at radius 1 is 1.10 bits per heavy atom. The summed E-state index contributed by atoms with van der Waals surface area (Å²) >= 11 is 0. The van der Waals surface area contributed by atoms with Crippen LogP contribution in [0.4, 0.5) is 0 Å². The first-order valence-corrected chi connectivity index (χ1v) is 8.65. The molecule has 0 aromatic heterocycles. The maximum Gasteiger partial charge on any atom is 0.00915 e. The number of piperidine rings is 1. The van der Waals surface area contributed by atoms with Gasteiger partial charge in [0.15, 0.2) is 0 Å². The molecule has 0 aliphatic carbocycles. The molecule has 1 atom stereocenters. The van der Waals surface area contributed by atoms with Crippen molar-refractivity contribution >= 4 is 0 Å². The van der Waals surface area contributed by atoms with Crippen molar-refractivity contribution < 1.29 is 0 Å². The normalized spacial score (nSPS) is 19.0. The van der Waals surface area contributed by atoms with Gasteiger partial charge in [0.1, 0.15) is 0 Å². The second kappa shape index (κ2) is 8.55. The molecule has 0 amide bonds. The molecule has 1 aromatic carbocycles. The van der Waals surface area contributed by atoms with Crippen molar-refractivity contribution in [3.05, 3.63) is 35.9 Å². The third-order valence-corrected chi connectivity index (χ3v) is 5.01. The zero-order valence-electron chi connectivity index (χ0n) is 14.0. The summed E-state index contributed by atoms with van der Waals surface area (Å²) in [5.74, 6) is 1.56. The highest BCUT2D eigenvalue weighted by atomic mass is 15.1. The Kier molecular flexibility index (Phi) is 6.72. The molecule has 1 fully saturated rings. The van der Waals surface area contributed by atoms with E-state index in [1.807, 2.05) is 0 Å². The van der Waals surface area contributed by atoms with E-state index in [0.717, 1.165) is 17.9 Å². The van der Waals surface area contributed by atoms with Gasteiger partial charge in [0.2, 0.25) is 0 Å². The minimum Gasteiger partial charge on any atom is -0.314 e. The van der Waals surface area contributed by atoms with E-state index in [9.17, 15) is 0 Å². The maximum absolute atomic E-state index is 3.77. The molecule has 1 unspecified atom stereocenters. The van der Waals surface area contributed by atoms with E-state index in [-0.39, 0.29) is 0 Å². The van der Waals surface area contributed by atoms with Gasteiger partial charge in [-0.2, -0.15) is 0 Å². The van der Waals surface area contributed by atoms with Crippen LogP contribution in [0.3, 0.4) is 0 Å². The van der Waals surface area contributed by atoms with Gasteiger partial charge in [-0.1, -0.05) is 51.1 Å². The minimum absolute atomic E-state index is 0.735. The van der Waals surface area contributed by atoms with Crippen molar-refractivity contribution in [2.75, 3.05) is 26.2 Å². The third kappa shape index (κ3) is 5.80. The van der Waals surface area contributed by atoms with Crippen LogP contribution >= 0.6 is 0 Å². The van der Waals surface area contributed by atoms with Crippen molar-refractivity contribution in [2.24, 2.45) is 11.8 Å². The molecule has 0 radical (unpaired) electrons. The zero-order valence-corrected chi connectivity index (χ0v) is 14.0. The molecule has 0 bridgehead atoms. The van der Waals surface area contributed by atoms with E-state index >= 15 is 0 Å². The van der Waals surface area contributed by atoms with Gasteiger partial charge in [-0.25, -0.2) is 0 Å². The van der Waals surface area contributed by atoms with Crippen LogP contribution in [0.1, 0.15) is 39.2 Å². The molecule has 1 saturated heterocycles. The van der Waals surface area contributed by atoms with Crippen LogP contribution in [0.25, 0.3) is 0 Å². The van der Waals surface area contributed by atoms with Gasteiger partial charge < -0.3 is 10.2 Å². The average molecular weight is 288 g/mol. The smallest absolute Gasteiger partial charge is 0.00915 e. The van der Waals surface area contributed by atoms with E-state index in [4.69, 9.17) is 0 Å². The summed E-state index contributed by atoms with van der Waals surface area (Å²) in [6.07, 6.45) is 3.79. The fourth-order valence-corrected chi connectivity index (χ4v) is 2.88. The SMILES string of the molecule is CC(C)C(C)CNC1CCN(CCc2ccccc2)CC1. The highest BCUT2D eigenvalue weighted by molar-refractivity contribution is 5.14. The van der Waals surface area contributed by atoms with Crippen LogP contribution < -0.4 is 5.32 Å². The molecule has 118 valence electrons. The van der Waals surface area contributed by atoms with E-state index in [0.29, 0.717) is 0 Å². The lowest BCUT2D eigenvalue weighted by atomic mass is 9.97. The van der Waals surface area contributed by atoms with Crippen LogP contribution in [-0.2, 0) is 6.42 Å². The number of nitrogens with one attached hydrogen (secondary N) is 1. The largest absolute Gasteiger partial charge is 0.314 e. The molecule has 2 heteroatoms. The van der Waals surface area contributed by atoms with Gasteiger partial charge in [-0.3, -0.25) is 0 Å². The average Bonchev–Trinajstić information content (AvgIpc) is 2.52. The predicted molar refractivity (Wildman–Crippen MR) is 91.6 cm³/mol. The fraction of sp³-hybridized carbons (Fsp3) is 0.684. The maximum atomic E-state index is 3.77. The fourth-order valence-electron chi connectivity index (χ4n) is 2.88. The van der Waals surface area contributed by atoms with Crippen molar-refractivity contribution in [1.82, 2.24) is 10.2 Å².